The van der Waals surface area contributed by atoms with Crippen molar-refractivity contribution in [3.63, 3.8) is 0 Å². The lowest BCUT2D eigenvalue weighted by molar-refractivity contribution is 0.0678. The summed E-state index contributed by atoms with van der Waals surface area (Å²) in [5.41, 5.74) is 0.854. The van der Waals surface area contributed by atoms with E-state index >= 15 is 0 Å². The number of rotatable bonds is 7. The van der Waals surface area contributed by atoms with E-state index in [1.54, 1.807) is 0 Å². The maximum absolute atomic E-state index is 9.19. The Labute approximate surface area is 103 Å². The largest absolute Gasteiger partial charge is 0.396 e. The van der Waals surface area contributed by atoms with Crippen LogP contribution in [0.4, 0.5) is 0 Å². The molecule has 96 valence electrons. The van der Waals surface area contributed by atoms with Crippen LogP contribution in [0.25, 0.3) is 0 Å². The van der Waals surface area contributed by atoms with Gasteiger partial charge in [0.2, 0.25) is 0 Å². The van der Waals surface area contributed by atoms with Crippen LogP contribution < -0.4 is 5.32 Å². The van der Waals surface area contributed by atoms with Gasteiger partial charge in [0.05, 0.1) is 13.2 Å². The molecule has 0 spiro atoms. The fourth-order valence-electron chi connectivity index (χ4n) is 1.62. The lowest BCUT2D eigenvalue weighted by atomic mass is 9.92. The molecule has 3 nitrogen and oxygen atoms in total. The Morgan fingerprint density at radius 1 is 1.18 bits per heavy atom. The first-order valence-electron chi connectivity index (χ1n) is 6.09. The van der Waals surface area contributed by atoms with Gasteiger partial charge in [0.25, 0.3) is 0 Å². The Balaban J connectivity index is 2.38. The predicted octanol–water partition coefficient (Wildman–Crippen LogP) is 1.20. The van der Waals surface area contributed by atoms with Crippen LogP contribution >= 0.6 is 0 Å². The number of benzene rings is 1. The van der Waals surface area contributed by atoms with Crippen molar-refractivity contribution < 1.29 is 10.2 Å². The minimum Gasteiger partial charge on any atom is -0.396 e. The van der Waals surface area contributed by atoms with Gasteiger partial charge in [0.1, 0.15) is 0 Å². The highest BCUT2D eigenvalue weighted by Crippen LogP contribution is 2.13. The molecule has 0 amide bonds. The van der Waals surface area contributed by atoms with Gasteiger partial charge in [0.15, 0.2) is 0 Å². The van der Waals surface area contributed by atoms with Gasteiger partial charge in [0, 0.05) is 18.0 Å². The van der Waals surface area contributed by atoms with Crippen molar-refractivity contribution >= 4 is 0 Å². The number of hydrogen-bond donors (Lipinski definition) is 3. The SMILES string of the molecule is CC(Cc1ccccc1)NCC(C)(CO)CO. The molecule has 1 aromatic carbocycles. The minimum absolute atomic E-state index is 0.00540. The van der Waals surface area contributed by atoms with Crippen LogP contribution in [0.5, 0.6) is 0 Å². The minimum atomic E-state index is -0.440. The summed E-state index contributed by atoms with van der Waals surface area (Å²) in [5.74, 6) is 0. The summed E-state index contributed by atoms with van der Waals surface area (Å²) in [7, 11) is 0. The van der Waals surface area contributed by atoms with Gasteiger partial charge in [-0.3, -0.25) is 0 Å². The summed E-state index contributed by atoms with van der Waals surface area (Å²) in [6.45, 7) is 4.59. The van der Waals surface area contributed by atoms with Gasteiger partial charge in [-0.1, -0.05) is 37.3 Å². The quantitative estimate of drug-likeness (QED) is 0.668. The highest BCUT2D eigenvalue weighted by Gasteiger charge is 2.22. The van der Waals surface area contributed by atoms with Gasteiger partial charge < -0.3 is 15.5 Å². The molecule has 0 aliphatic carbocycles. The van der Waals surface area contributed by atoms with Gasteiger partial charge in [-0.25, -0.2) is 0 Å². The van der Waals surface area contributed by atoms with Crippen LogP contribution in [-0.2, 0) is 6.42 Å². The Morgan fingerprint density at radius 3 is 2.29 bits per heavy atom. The van der Waals surface area contributed by atoms with Gasteiger partial charge in [-0.05, 0) is 18.9 Å². The van der Waals surface area contributed by atoms with E-state index in [1.165, 1.54) is 5.56 Å². The summed E-state index contributed by atoms with van der Waals surface area (Å²) < 4.78 is 0. The lowest BCUT2D eigenvalue weighted by Crippen LogP contribution is -2.42. The number of aliphatic hydroxyl groups is 2. The van der Waals surface area contributed by atoms with Crippen LogP contribution in [0.15, 0.2) is 30.3 Å². The molecule has 0 aliphatic heterocycles. The third-order valence-corrected chi connectivity index (χ3v) is 3.03. The van der Waals surface area contributed by atoms with E-state index in [2.05, 4.69) is 24.4 Å². The first-order valence-corrected chi connectivity index (χ1v) is 6.09. The van der Waals surface area contributed by atoms with Crippen molar-refractivity contribution in [1.29, 1.82) is 0 Å². The van der Waals surface area contributed by atoms with E-state index in [-0.39, 0.29) is 13.2 Å². The fourth-order valence-corrected chi connectivity index (χ4v) is 1.62. The molecule has 3 heteroatoms. The van der Waals surface area contributed by atoms with Crippen LogP contribution in [-0.4, -0.2) is 36.0 Å². The van der Waals surface area contributed by atoms with Crippen molar-refractivity contribution in [1.82, 2.24) is 5.32 Å². The van der Waals surface area contributed by atoms with Crippen LogP contribution in [0.3, 0.4) is 0 Å². The average molecular weight is 237 g/mol. The number of aliphatic hydroxyl groups excluding tert-OH is 2. The van der Waals surface area contributed by atoms with Crippen LogP contribution in [0, 0.1) is 5.41 Å². The zero-order chi connectivity index (χ0) is 12.7. The molecule has 0 fully saturated rings. The third-order valence-electron chi connectivity index (χ3n) is 3.03. The molecular weight excluding hydrogens is 214 g/mol. The molecule has 0 aromatic heterocycles. The standard InChI is InChI=1S/C14H23NO2/c1-12(8-13-6-4-3-5-7-13)15-9-14(2,10-16)11-17/h3-7,12,15-17H,8-11H2,1-2H3. The van der Waals surface area contributed by atoms with Crippen molar-refractivity contribution in [3.8, 4) is 0 Å². The Kier molecular flexibility index (Phi) is 5.62. The summed E-state index contributed by atoms with van der Waals surface area (Å²) in [4.78, 5) is 0. The number of hydrogen-bond acceptors (Lipinski definition) is 3. The first-order chi connectivity index (χ1) is 8.09. The Hall–Kier alpha value is -0.900. The van der Waals surface area contributed by atoms with Crippen molar-refractivity contribution in [2.24, 2.45) is 5.41 Å². The second-order valence-corrected chi connectivity index (χ2v) is 5.10. The molecule has 0 radical (unpaired) electrons. The second kappa shape index (κ2) is 6.74. The predicted molar refractivity (Wildman–Crippen MR) is 69.9 cm³/mol. The maximum atomic E-state index is 9.19. The summed E-state index contributed by atoms with van der Waals surface area (Å²) in [6.07, 6.45) is 0.952. The van der Waals surface area contributed by atoms with Crippen molar-refractivity contribution in [2.75, 3.05) is 19.8 Å². The van der Waals surface area contributed by atoms with Crippen molar-refractivity contribution in [3.05, 3.63) is 35.9 Å². The molecule has 0 bridgehead atoms. The molecule has 1 atom stereocenters. The second-order valence-electron chi connectivity index (χ2n) is 5.10. The maximum Gasteiger partial charge on any atom is 0.0518 e. The normalized spacial score (nSPS) is 13.6. The third kappa shape index (κ3) is 4.86. The zero-order valence-electron chi connectivity index (χ0n) is 10.7. The van der Waals surface area contributed by atoms with E-state index in [4.69, 9.17) is 0 Å². The Bertz CT molecular complexity index is 309. The van der Waals surface area contributed by atoms with Gasteiger partial charge in [-0.15, -0.1) is 0 Å². The Morgan fingerprint density at radius 2 is 1.76 bits per heavy atom. The molecule has 0 saturated heterocycles. The highest BCUT2D eigenvalue weighted by atomic mass is 16.3. The van der Waals surface area contributed by atoms with E-state index in [9.17, 15) is 10.2 Å². The molecule has 17 heavy (non-hydrogen) atoms. The van der Waals surface area contributed by atoms with Gasteiger partial charge >= 0.3 is 0 Å². The average Bonchev–Trinajstić information content (AvgIpc) is 2.37. The lowest BCUT2D eigenvalue weighted by Gasteiger charge is -2.27. The van der Waals surface area contributed by atoms with E-state index in [0.717, 1.165) is 6.42 Å². The molecule has 0 saturated carbocycles. The molecule has 1 aromatic rings. The molecule has 0 heterocycles. The first kappa shape index (κ1) is 14.2. The van der Waals surface area contributed by atoms with E-state index in [0.29, 0.717) is 12.6 Å². The van der Waals surface area contributed by atoms with E-state index < -0.39 is 5.41 Å². The zero-order valence-corrected chi connectivity index (χ0v) is 10.7. The molecule has 3 N–H and O–H groups in total. The highest BCUT2D eigenvalue weighted by molar-refractivity contribution is 5.15. The van der Waals surface area contributed by atoms with E-state index in [1.807, 2.05) is 25.1 Å². The monoisotopic (exact) mass is 237 g/mol. The summed E-state index contributed by atoms with van der Waals surface area (Å²) >= 11 is 0. The van der Waals surface area contributed by atoms with Crippen LogP contribution in [0.2, 0.25) is 0 Å². The molecular formula is C14H23NO2. The van der Waals surface area contributed by atoms with Crippen molar-refractivity contribution in [2.45, 2.75) is 26.3 Å². The smallest absolute Gasteiger partial charge is 0.0518 e. The molecule has 1 unspecified atom stereocenters. The fraction of sp³-hybridized carbons (Fsp3) is 0.571. The topological polar surface area (TPSA) is 52.5 Å². The summed E-state index contributed by atoms with van der Waals surface area (Å²) in [5, 5.41) is 21.7. The summed E-state index contributed by atoms with van der Waals surface area (Å²) in [6, 6.07) is 10.6. The molecule has 0 aliphatic rings. The van der Waals surface area contributed by atoms with Crippen LogP contribution in [0.1, 0.15) is 19.4 Å². The molecule has 1 rings (SSSR count). The van der Waals surface area contributed by atoms with Gasteiger partial charge in [-0.2, -0.15) is 0 Å². The number of nitrogens with one attached hydrogen (secondary N) is 1.